The molecule has 0 saturated heterocycles. The molecule has 1 unspecified atom stereocenters. The van der Waals surface area contributed by atoms with E-state index in [1.54, 1.807) is 0 Å². The summed E-state index contributed by atoms with van der Waals surface area (Å²) in [5, 5.41) is 0. The highest BCUT2D eigenvalue weighted by atomic mass is 79.9. The number of hydrogen-bond acceptors (Lipinski definition) is 1. The van der Waals surface area contributed by atoms with Crippen molar-refractivity contribution in [3.8, 4) is 0 Å². The molecule has 1 rings (SSSR count). The molecular formula is C10H14BrN. The molecule has 2 N–H and O–H groups in total. The van der Waals surface area contributed by atoms with Crippen molar-refractivity contribution in [3.05, 3.63) is 33.8 Å². The maximum absolute atomic E-state index is 5.94. The van der Waals surface area contributed by atoms with Crippen molar-refractivity contribution in [3.63, 3.8) is 0 Å². The number of halogens is 1. The minimum atomic E-state index is 0.169. The Morgan fingerprint density at radius 2 is 2.17 bits per heavy atom. The van der Waals surface area contributed by atoms with Gasteiger partial charge in [0.05, 0.1) is 0 Å². The van der Waals surface area contributed by atoms with Crippen molar-refractivity contribution in [2.45, 2.75) is 26.3 Å². The molecule has 0 fully saturated rings. The molecule has 12 heavy (non-hydrogen) atoms. The average molecular weight is 228 g/mol. The van der Waals surface area contributed by atoms with Crippen LogP contribution in [-0.4, -0.2) is 0 Å². The minimum absolute atomic E-state index is 0.169. The summed E-state index contributed by atoms with van der Waals surface area (Å²) in [6.07, 6.45) is 0.983. The third-order valence-corrected chi connectivity index (χ3v) is 2.57. The maximum Gasteiger partial charge on any atom is 0.0295 e. The topological polar surface area (TPSA) is 26.0 Å². The molecule has 0 spiro atoms. The van der Waals surface area contributed by atoms with E-state index < -0.39 is 0 Å². The zero-order valence-corrected chi connectivity index (χ0v) is 9.06. The molecule has 0 aliphatic carbocycles. The molecule has 0 aliphatic rings. The number of benzene rings is 1. The minimum Gasteiger partial charge on any atom is -0.324 e. The van der Waals surface area contributed by atoms with Gasteiger partial charge in [-0.25, -0.2) is 0 Å². The van der Waals surface area contributed by atoms with Crippen LogP contribution in [0, 0.1) is 6.92 Å². The van der Waals surface area contributed by atoms with E-state index in [4.69, 9.17) is 5.73 Å². The first-order valence-electron chi connectivity index (χ1n) is 4.16. The molecule has 2 heteroatoms. The van der Waals surface area contributed by atoms with Crippen molar-refractivity contribution in [1.82, 2.24) is 0 Å². The monoisotopic (exact) mass is 227 g/mol. The molecule has 1 aromatic rings. The zero-order valence-electron chi connectivity index (χ0n) is 7.47. The third-order valence-electron chi connectivity index (χ3n) is 2.08. The fraction of sp³-hybridized carbons (Fsp3) is 0.400. The van der Waals surface area contributed by atoms with Crippen LogP contribution in [0.2, 0.25) is 0 Å². The predicted molar refractivity (Wildman–Crippen MR) is 56.1 cm³/mol. The van der Waals surface area contributed by atoms with Crippen LogP contribution in [0.5, 0.6) is 0 Å². The summed E-state index contributed by atoms with van der Waals surface area (Å²) in [5.41, 5.74) is 8.46. The Morgan fingerprint density at radius 3 is 2.75 bits per heavy atom. The Bertz CT molecular complexity index is 271. The second-order valence-electron chi connectivity index (χ2n) is 3.02. The summed E-state index contributed by atoms with van der Waals surface area (Å²) in [7, 11) is 0. The van der Waals surface area contributed by atoms with Crippen LogP contribution < -0.4 is 5.73 Å². The molecule has 0 aliphatic heterocycles. The van der Waals surface area contributed by atoms with E-state index in [2.05, 4.69) is 41.9 Å². The van der Waals surface area contributed by atoms with Crippen molar-refractivity contribution in [1.29, 1.82) is 0 Å². The van der Waals surface area contributed by atoms with E-state index in [1.165, 1.54) is 11.1 Å². The van der Waals surface area contributed by atoms with Crippen LogP contribution in [0.4, 0.5) is 0 Å². The standard InChI is InChI=1S/C10H14BrN/c1-3-10(12)9-6-8(11)5-4-7(9)2/h4-6,10H,3,12H2,1-2H3. The molecule has 0 amide bonds. The first-order valence-corrected chi connectivity index (χ1v) is 4.96. The number of hydrogen-bond donors (Lipinski definition) is 1. The van der Waals surface area contributed by atoms with Gasteiger partial charge in [-0.2, -0.15) is 0 Å². The molecule has 0 heterocycles. The van der Waals surface area contributed by atoms with E-state index in [1.807, 2.05) is 6.07 Å². The molecule has 0 aromatic heterocycles. The number of rotatable bonds is 2. The van der Waals surface area contributed by atoms with Gasteiger partial charge >= 0.3 is 0 Å². The van der Waals surface area contributed by atoms with Gasteiger partial charge in [-0.15, -0.1) is 0 Å². The van der Waals surface area contributed by atoms with Gasteiger partial charge < -0.3 is 5.73 Å². The molecule has 0 radical (unpaired) electrons. The largest absolute Gasteiger partial charge is 0.324 e. The number of aryl methyl sites for hydroxylation is 1. The van der Waals surface area contributed by atoms with E-state index >= 15 is 0 Å². The van der Waals surface area contributed by atoms with E-state index in [0.29, 0.717) is 0 Å². The van der Waals surface area contributed by atoms with Gasteiger partial charge in [0, 0.05) is 10.5 Å². The van der Waals surface area contributed by atoms with E-state index in [0.717, 1.165) is 10.9 Å². The van der Waals surface area contributed by atoms with Crippen molar-refractivity contribution in [2.24, 2.45) is 5.73 Å². The van der Waals surface area contributed by atoms with E-state index in [9.17, 15) is 0 Å². The summed E-state index contributed by atoms with van der Waals surface area (Å²) >= 11 is 3.44. The molecule has 1 aromatic carbocycles. The molecule has 66 valence electrons. The van der Waals surface area contributed by atoms with Crippen LogP contribution in [0.1, 0.15) is 30.5 Å². The highest BCUT2D eigenvalue weighted by Gasteiger charge is 2.06. The van der Waals surface area contributed by atoms with Crippen molar-refractivity contribution < 1.29 is 0 Å². The highest BCUT2D eigenvalue weighted by Crippen LogP contribution is 2.22. The summed E-state index contributed by atoms with van der Waals surface area (Å²) < 4.78 is 1.10. The van der Waals surface area contributed by atoms with Gasteiger partial charge in [0.15, 0.2) is 0 Å². The van der Waals surface area contributed by atoms with Crippen LogP contribution in [0.3, 0.4) is 0 Å². The second-order valence-corrected chi connectivity index (χ2v) is 3.93. The molecule has 0 bridgehead atoms. The Balaban J connectivity index is 3.04. The Kier molecular flexibility index (Phi) is 3.29. The summed E-state index contributed by atoms with van der Waals surface area (Å²) in [6, 6.07) is 6.40. The van der Waals surface area contributed by atoms with Crippen LogP contribution >= 0.6 is 15.9 Å². The highest BCUT2D eigenvalue weighted by molar-refractivity contribution is 9.10. The van der Waals surface area contributed by atoms with Crippen LogP contribution in [0.25, 0.3) is 0 Å². The second kappa shape index (κ2) is 4.06. The molecule has 0 saturated carbocycles. The van der Waals surface area contributed by atoms with Crippen LogP contribution in [-0.2, 0) is 0 Å². The van der Waals surface area contributed by atoms with Crippen molar-refractivity contribution in [2.75, 3.05) is 0 Å². The average Bonchev–Trinajstić information content (AvgIpc) is 2.08. The summed E-state index contributed by atoms with van der Waals surface area (Å²) in [6.45, 7) is 4.20. The smallest absolute Gasteiger partial charge is 0.0295 e. The van der Waals surface area contributed by atoms with Gasteiger partial charge in [-0.1, -0.05) is 28.9 Å². The third kappa shape index (κ3) is 2.08. The maximum atomic E-state index is 5.94. The lowest BCUT2D eigenvalue weighted by molar-refractivity contribution is 0.693. The fourth-order valence-corrected chi connectivity index (χ4v) is 1.61. The van der Waals surface area contributed by atoms with Gasteiger partial charge in [0.25, 0.3) is 0 Å². The van der Waals surface area contributed by atoms with Gasteiger partial charge in [0.1, 0.15) is 0 Å². The van der Waals surface area contributed by atoms with Crippen molar-refractivity contribution >= 4 is 15.9 Å². The van der Waals surface area contributed by atoms with E-state index in [-0.39, 0.29) is 6.04 Å². The Morgan fingerprint density at radius 1 is 1.50 bits per heavy atom. The molecule has 1 nitrogen and oxygen atoms in total. The quantitative estimate of drug-likeness (QED) is 0.826. The number of nitrogens with two attached hydrogens (primary N) is 1. The lowest BCUT2D eigenvalue weighted by Gasteiger charge is -2.12. The Labute approximate surface area is 82.1 Å². The van der Waals surface area contributed by atoms with Gasteiger partial charge in [0.2, 0.25) is 0 Å². The first kappa shape index (κ1) is 9.75. The summed E-state index contributed by atoms with van der Waals surface area (Å²) in [4.78, 5) is 0. The first-order chi connectivity index (χ1) is 5.65. The fourth-order valence-electron chi connectivity index (χ4n) is 1.23. The van der Waals surface area contributed by atoms with Gasteiger partial charge in [-0.05, 0) is 36.6 Å². The predicted octanol–water partition coefficient (Wildman–Crippen LogP) is 3.17. The molecular weight excluding hydrogens is 214 g/mol. The molecule has 1 atom stereocenters. The summed E-state index contributed by atoms with van der Waals surface area (Å²) in [5.74, 6) is 0. The SMILES string of the molecule is CCC(N)c1cc(Br)ccc1C. The van der Waals surface area contributed by atoms with Gasteiger partial charge in [-0.3, -0.25) is 0 Å². The zero-order chi connectivity index (χ0) is 9.14. The normalized spacial score (nSPS) is 13.0. The van der Waals surface area contributed by atoms with Crippen LogP contribution in [0.15, 0.2) is 22.7 Å². The Hall–Kier alpha value is -0.340. The lowest BCUT2D eigenvalue weighted by Crippen LogP contribution is -2.10. The lowest BCUT2D eigenvalue weighted by atomic mass is 10.0.